The third kappa shape index (κ3) is 2.34. The standard InChI is InChI=1S/C20H21N3/c1-13-16-4-3-5-18-19(16)17(10-11-22-13)20(23-18)15-8-6-14(7-9-15)12-21-2/h3-9,21-23H,1,10-12H2,2H3. The van der Waals surface area contributed by atoms with E-state index >= 15 is 0 Å². The van der Waals surface area contributed by atoms with E-state index in [9.17, 15) is 0 Å². The maximum absolute atomic E-state index is 4.18. The zero-order valence-corrected chi connectivity index (χ0v) is 13.4. The van der Waals surface area contributed by atoms with Crippen molar-refractivity contribution in [3.8, 4) is 11.3 Å². The van der Waals surface area contributed by atoms with Crippen molar-refractivity contribution in [2.24, 2.45) is 0 Å². The maximum Gasteiger partial charge on any atom is 0.0498 e. The van der Waals surface area contributed by atoms with Crippen molar-refractivity contribution in [3.63, 3.8) is 0 Å². The molecule has 0 radical (unpaired) electrons. The van der Waals surface area contributed by atoms with Gasteiger partial charge in [0.25, 0.3) is 0 Å². The number of aromatic amines is 1. The van der Waals surface area contributed by atoms with Gasteiger partial charge in [-0.05, 0) is 36.2 Å². The molecule has 0 unspecified atom stereocenters. The van der Waals surface area contributed by atoms with Crippen LogP contribution in [0.5, 0.6) is 0 Å². The fraction of sp³-hybridized carbons (Fsp3) is 0.200. The summed E-state index contributed by atoms with van der Waals surface area (Å²) in [5.74, 6) is 0. The van der Waals surface area contributed by atoms with E-state index in [2.05, 4.69) is 64.7 Å². The summed E-state index contributed by atoms with van der Waals surface area (Å²) < 4.78 is 0. The maximum atomic E-state index is 4.18. The minimum absolute atomic E-state index is 0.897. The fourth-order valence-corrected chi connectivity index (χ4v) is 3.49. The summed E-state index contributed by atoms with van der Waals surface area (Å²) in [6.45, 7) is 6.00. The van der Waals surface area contributed by atoms with E-state index in [1.807, 2.05) is 7.05 Å². The number of rotatable bonds is 3. The van der Waals surface area contributed by atoms with Crippen LogP contribution in [0.15, 0.2) is 49.0 Å². The summed E-state index contributed by atoms with van der Waals surface area (Å²) in [6.07, 6.45) is 1.00. The van der Waals surface area contributed by atoms with Gasteiger partial charge < -0.3 is 15.6 Å². The van der Waals surface area contributed by atoms with Gasteiger partial charge in [0, 0.05) is 40.9 Å². The van der Waals surface area contributed by atoms with Crippen molar-refractivity contribution in [2.75, 3.05) is 13.6 Å². The van der Waals surface area contributed by atoms with E-state index in [0.29, 0.717) is 0 Å². The van der Waals surface area contributed by atoms with Gasteiger partial charge in [-0.1, -0.05) is 43.0 Å². The number of aromatic nitrogens is 1. The summed E-state index contributed by atoms with van der Waals surface area (Å²) in [5, 5.41) is 7.93. The number of benzene rings is 2. The molecular weight excluding hydrogens is 282 g/mol. The highest BCUT2D eigenvalue weighted by Gasteiger charge is 2.19. The molecule has 0 bridgehead atoms. The van der Waals surface area contributed by atoms with Gasteiger partial charge in [-0.25, -0.2) is 0 Å². The van der Waals surface area contributed by atoms with E-state index in [0.717, 1.165) is 25.2 Å². The molecule has 3 heteroatoms. The normalized spacial score (nSPS) is 13.9. The average Bonchev–Trinajstić information content (AvgIpc) is 2.85. The molecule has 3 N–H and O–H groups in total. The van der Waals surface area contributed by atoms with Gasteiger partial charge in [-0.15, -0.1) is 0 Å². The number of nitrogens with one attached hydrogen (secondary N) is 3. The fourth-order valence-electron chi connectivity index (χ4n) is 3.49. The van der Waals surface area contributed by atoms with Crippen LogP contribution < -0.4 is 10.6 Å². The summed E-state index contributed by atoms with van der Waals surface area (Å²) in [7, 11) is 1.97. The summed E-state index contributed by atoms with van der Waals surface area (Å²) >= 11 is 0. The lowest BCUT2D eigenvalue weighted by molar-refractivity contribution is 0.818. The van der Waals surface area contributed by atoms with Gasteiger partial charge in [-0.3, -0.25) is 0 Å². The first-order valence-electron chi connectivity index (χ1n) is 8.08. The van der Waals surface area contributed by atoms with Gasteiger partial charge in [0.2, 0.25) is 0 Å². The first-order valence-corrected chi connectivity index (χ1v) is 8.08. The Bertz CT molecular complexity index is 872. The topological polar surface area (TPSA) is 39.8 Å². The first-order chi connectivity index (χ1) is 11.3. The Morgan fingerprint density at radius 3 is 2.74 bits per heavy atom. The molecule has 1 aliphatic heterocycles. The SMILES string of the molecule is C=C1NCCc2c(-c3ccc(CNC)cc3)[nH]c3cccc1c23. The molecule has 0 spiro atoms. The monoisotopic (exact) mass is 303 g/mol. The van der Waals surface area contributed by atoms with Gasteiger partial charge in [0.15, 0.2) is 0 Å². The molecule has 0 amide bonds. The van der Waals surface area contributed by atoms with Crippen LogP contribution in [0.4, 0.5) is 0 Å². The Morgan fingerprint density at radius 1 is 1.13 bits per heavy atom. The zero-order valence-electron chi connectivity index (χ0n) is 13.4. The lowest BCUT2D eigenvalue weighted by atomic mass is 9.99. The molecule has 4 rings (SSSR count). The molecule has 0 aliphatic carbocycles. The van der Waals surface area contributed by atoms with E-state index in [4.69, 9.17) is 0 Å². The molecule has 3 nitrogen and oxygen atoms in total. The van der Waals surface area contributed by atoms with Crippen LogP contribution in [-0.4, -0.2) is 18.6 Å². The van der Waals surface area contributed by atoms with Crippen LogP contribution in [0.25, 0.3) is 27.9 Å². The predicted molar refractivity (Wildman–Crippen MR) is 97.2 cm³/mol. The molecule has 23 heavy (non-hydrogen) atoms. The molecule has 0 saturated carbocycles. The molecule has 116 valence electrons. The van der Waals surface area contributed by atoms with Gasteiger partial charge in [-0.2, -0.15) is 0 Å². The molecule has 0 atom stereocenters. The third-order valence-electron chi connectivity index (χ3n) is 4.59. The highest BCUT2D eigenvalue weighted by molar-refractivity contribution is 5.99. The van der Waals surface area contributed by atoms with E-state index in [1.165, 1.54) is 38.9 Å². The number of hydrogen-bond donors (Lipinski definition) is 3. The van der Waals surface area contributed by atoms with Gasteiger partial charge in [0.1, 0.15) is 0 Å². The number of hydrogen-bond acceptors (Lipinski definition) is 2. The van der Waals surface area contributed by atoms with Gasteiger partial charge in [0.05, 0.1) is 0 Å². The lowest BCUT2D eigenvalue weighted by Crippen LogP contribution is -2.12. The van der Waals surface area contributed by atoms with Crippen molar-refractivity contribution in [1.29, 1.82) is 0 Å². The van der Waals surface area contributed by atoms with Crippen LogP contribution >= 0.6 is 0 Å². The second kappa shape index (κ2) is 5.60. The van der Waals surface area contributed by atoms with Crippen LogP contribution in [-0.2, 0) is 13.0 Å². The third-order valence-corrected chi connectivity index (χ3v) is 4.59. The molecular formula is C20H21N3. The molecule has 1 aromatic heterocycles. The van der Waals surface area contributed by atoms with E-state index in [-0.39, 0.29) is 0 Å². The van der Waals surface area contributed by atoms with Crippen LogP contribution in [0.2, 0.25) is 0 Å². The highest BCUT2D eigenvalue weighted by atomic mass is 14.9. The van der Waals surface area contributed by atoms with Crippen molar-refractivity contribution in [2.45, 2.75) is 13.0 Å². The molecule has 0 fully saturated rings. The van der Waals surface area contributed by atoms with Crippen molar-refractivity contribution in [3.05, 3.63) is 65.7 Å². The average molecular weight is 303 g/mol. The molecule has 0 saturated heterocycles. The quantitative estimate of drug-likeness (QED) is 0.691. The Balaban J connectivity index is 1.89. The second-order valence-electron chi connectivity index (χ2n) is 6.09. The smallest absolute Gasteiger partial charge is 0.0498 e. The molecule has 2 aromatic carbocycles. The molecule has 1 aliphatic rings. The highest BCUT2D eigenvalue weighted by Crippen LogP contribution is 2.36. The largest absolute Gasteiger partial charge is 0.385 e. The summed E-state index contributed by atoms with van der Waals surface area (Å²) in [4.78, 5) is 3.63. The second-order valence-corrected chi connectivity index (χ2v) is 6.09. The van der Waals surface area contributed by atoms with Crippen LogP contribution in [0.3, 0.4) is 0 Å². The summed E-state index contributed by atoms with van der Waals surface area (Å²) in [6, 6.07) is 15.2. The minimum Gasteiger partial charge on any atom is -0.385 e. The Morgan fingerprint density at radius 2 is 1.96 bits per heavy atom. The number of H-pyrrole nitrogens is 1. The molecule has 2 heterocycles. The van der Waals surface area contributed by atoms with E-state index in [1.54, 1.807) is 0 Å². The summed E-state index contributed by atoms with van der Waals surface area (Å²) in [5.41, 5.74) is 8.59. The Labute approximate surface area is 136 Å². The molecule has 3 aromatic rings. The zero-order chi connectivity index (χ0) is 15.8. The Hall–Kier alpha value is -2.52. The minimum atomic E-state index is 0.897. The predicted octanol–water partition coefficient (Wildman–Crippen LogP) is 3.67. The van der Waals surface area contributed by atoms with Crippen molar-refractivity contribution >= 4 is 16.6 Å². The van der Waals surface area contributed by atoms with Crippen molar-refractivity contribution < 1.29 is 0 Å². The Kier molecular flexibility index (Phi) is 3.43. The lowest BCUT2D eigenvalue weighted by Gasteiger charge is -2.07. The van der Waals surface area contributed by atoms with Crippen LogP contribution in [0, 0.1) is 0 Å². The van der Waals surface area contributed by atoms with Gasteiger partial charge >= 0.3 is 0 Å². The van der Waals surface area contributed by atoms with Crippen molar-refractivity contribution in [1.82, 2.24) is 15.6 Å². The van der Waals surface area contributed by atoms with E-state index < -0.39 is 0 Å². The van der Waals surface area contributed by atoms with Crippen LogP contribution in [0.1, 0.15) is 16.7 Å². The first kappa shape index (κ1) is 14.1.